The van der Waals surface area contributed by atoms with Crippen molar-refractivity contribution in [1.29, 1.82) is 0 Å². The number of benzene rings is 1. The summed E-state index contributed by atoms with van der Waals surface area (Å²) in [4.78, 5) is 12.4. The van der Waals surface area contributed by atoms with Gasteiger partial charge < -0.3 is 16.3 Å². The maximum absolute atomic E-state index is 13.7. The number of hydrogen-bond donors (Lipinski definition) is 3. The molecule has 4 N–H and O–H groups in total. The van der Waals surface area contributed by atoms with Crippen LogP contribution in [0.3, 0.4) is 0 Å². The summed E-state index contributed by atoms with van der Waals surface area (Å²) < 4.78 is 26.7. The van der Waals surface area contributed by atoms with Crippen LogP contribution in [0.2, 0.25) is 5.02 Å². The fourth-order valence-electron chi connectivity index (χ4n) is 2.57. The van der Waals surface area contributed by atoms with Gasteiger partial charge in [-0.1, -0.05) is 29.6 Å². The minimum atomic E-state index is -1.20. The SMILES string of the molecule is NC(=NO)C1(C(=O)Nc2c(F)cc(F)cc2Cl)CCCC1. The van der Waals surface area contributed by atoms with Gasteiger partial charge in [-0.3, -0.25) is 4.79 Å². The van der Waals surface area contributed by atoms with Crippen LogP contribution in [0.15, 0.2) is 17.3 Å². The normalized spacial score (nSPS) is 17.8. The number of anilines is 1. The second-order valence-electron chi connectivity index (χ2n) is 4.97. The number of amides is 1. The molecule has 1 aromatic carbocycles. The lowest BCUT2D eigenvalue weighted by Gasteiger charge is -2.26. The number of halogens is 3. The smallest absolute Gasteiger partial charge is 0.238 e. The summed E-state index contributed by atoms with van der Waals surface area (Å²) in [5.41, 5.74) is 4.11. The van der Waals surface area contributed by atoms with Crippen molar-refractivity contribution in [3.63, 3.8) is 0 Å². The molecule has 1 saturated carbocycles. The molecule has 1 aliphatic carbocycles. The Morgan fingerprint density at radius 3 is 2.52 bits per heavy atom. The summed E-state index contributed by atoms with van der Waals surface area (Å²) in [7, 11) is 0. The van der Waals surface area contributed by atoms with Crippen molar-refractivity contribution in [2.45, 2.75) is 25.7 Å². The van der Waals surface area contributed by atoms with Crippen LogP contribution in [0, 0.1) is 17.0 Å². The van der Waals surface area contributed by atoms with Gasteiger partial charge in [0.2, 0.25) is 5.91 Å². The molecule has 0 aromatic heterocycles. The summed E-state index contributed by atoms with van der Waals surface area (Å²) in [6, 6.07) is 1.51. The molecule has 2 rings (SSSR count). The fraction of sp³-hybridized carbons (Fsp3) is 0.385. The standard InChI is InChI=1S/C13H14ClF2N3O2/c14-8-5-7(15)6-9(16)10(8)18-12(20)13(11(17)19-21)3-1-2-4-13/h5-6,21H,1-4H2,(H2,17,19)(H,18,20). The molecule has 0 atom stereocenters. The Morgan fingerprint density at radius 2 is 2.00 bits per heavy atom. The van der Waals surface area contributed by atoms with E-state index >= 15 is 0 Å². The Labute approximate surface area is 124 Å². The van der Waals surface area contributed by atoms with E-state index in [0.717, 1.165) is 18.9 Å². The second kappa shape index (κ2) is 5.85. The molecule has 1 fully saturated rings. The molecule has 0 saturated heterocycles. The molecule has 114 valence electrons. The molecule has 0 spiro atoms. The van der Waals surface area contributed by atoms with E-state index in [-0.39, 0.29) is 16.5 Å². The predicted octanol–water partition coefficient (Wildman–Crippen LogP) is 2.86. The lowest BCUT2D eigenvalue weighted by Crippen LogP contribution is -2.45. The molecule has 5 nitrogen and oxygen atoms in total. The summed E-state index contributed by atoms with van der Waals surface area (Å²) in [5.74, 6) is -2.68. The average Bonchev–Trinajstić information content (AvgIpc) is 2.92. The molecule has 0 unspecified atom stereocenters. The molecule has 0 bridgehead atoms. The average molecular weight is 318 g/mol. The third-order valence-corrected chi connectivity index (χ3v) is 4.03. The van der Waals surface area contributed by atoms with Crippen LogP contribution in [-0.4, -0.2) is 17.0 Å². The van der Waals surface area contributed by atoms with Gasteiger partial charge in [-0.25, -0.2) is 8.78 Å². The Balaban J connectivity index is 2.33. The Hall–Kier alpha value is -1.89. The number of nitrogens with two attached hydrogens (primary N) is 1. The van der Waals surface area contributed by atoms with Crippen molar-refractivity contribution in [2.24, 2.45) is 16.3 Å². The van der Waals surface area contributed by atoms with Gasteiger partial charge in [0.25, 0.3) is 0 Å². The highest BCUT2D eigenvalue weighted by Crippen LogP contribution is 2.40. The lowest BCUT2D eigenvalue weighted by atomic mass is 9.83. The molecule has 0 aliphatic heterocycles. The van der Waals surface area contributed by atoms with E-state index in [9.17, 15) is 13.6 Å². The first-order chi connectivity index (χ1) is 9.90. The van der Waals surface area contributed by atoms with Gasteiger partial charge in [0.1, 0.15) is 11.2 Å². The molecule has 1 aromatic rings. The summed E-state index contributed by atoms with van der Waals surface area (Å²) in [6.45, 7) is 0. The van der Waals surface area contributed by atoms with E-state index in [1.807, 2.05) is 0 Å². The number of nitrogens with one attached hydrogen (secondary N) is 1. The molecule has 21 heavy (non-hydrogen) atoms. The van der Waals surface area contributed by atoms with E-state index in [1.54, 1.807) is 0 Å². The van der Waals surface area contributed by atoms with Crippen LogP contribution in [-0.2, 0) is 4.79 Å². The highest BCUT2D eigenvalue weighted by atomic mass is 35.5. The van der Waals surface area contributed by atoms with Crippen LogP contribution < -0.4 is 11.1 Å². The zero-order chi connectivity index (χ0) is 15.6. The predicted molar refractivity (Wildman–Crippen MR) is 74.3 cm³/mol. The van der Waals surface area contributed by atoms with Gasteiger partial charge in [0.15, 0.2) is 11.7 Å². The van der Waals surface area contributed by atoms with Crippen molar-refractivity contribution in [2.75, 3.05) is 5.32 Å². The number of amidine groups is 1. The van der Waals surface area contributed by atoms with Crippen molar-refractivity contribution in [3.8, 4) is 0 Å². The molecule has 0 radical (unpaired) electrons. The number of nitrogens with zero attached hydrogens (tertiary/aromatic N) is 1. The van der Waals surface area contributed by atoms with E-state index in [0.29, 0.717) is 18.9 Å². The number of hydrogen-bond acceptors (Lipinski definition) is 3. The van der Waals surface area contributed by atoms with Gasteiger partial charge >= 0.3 is 0 Å². The number of carbonyl (C=O) groups is 1. The lowest BCUT2D eigenvalue weighted by molar-refractivity contribution is -0.122. The summed E-state index contributed by atoms with van der Waals surface area (Å²) in [6.07, 6.45) is 2.22. The molecular formula is C13H14ClF2N3O2. The second-order valence-corrected chi connectivity index (χ2v) is 5.38. The zero-order valence-corrected chi connectivity index (χ0v) is 11.8. The van der Waals surface area contributed by atoms with Crippen LogP contribution in [0.25, 0.3) is 0 Å². The van der Waals surface area contributed by atoms with Crippen LogP contribution in [0.4, 0.5) is 14.5 Å². The van der Waals surface area contributed by atoms with Gasteiger partial charge in [-0.2, -0.15) is 0 Å². The Kier molecular flexibility index (Phi) is 4.32. The highest BCUT2D eigenvalue weighted by Gasteiger charge is 2.45. The number of oxime groups is 1. The summed E-state index contributed by atoms with van der Waals surface area (Å²) in [5, 5.41) is 13.8. The van der Waals surface area contributed by atoms with Crippen LogP contribution in [0.5, 0.6) is 0 Å². The first kappa shape index (κ1) is 15.5. The monoisotopic (exact) mass is 317 g/mol. The third-order valence-electron chi connectivity index (χ3n) is 3.74. The van der Waals surface area contributed by atoms with E-state index in [4.69, 9.17) is 22.5 Å². The van der Waals surface area contributed by atoms with Crippen LogP contribution >= 0.6 is 11.6 Å². The molecule has 8 heteroatoms. The first-order valence-electron chi connectivity index (χ1n) is 6.35. The maximum atomic E-state index is 13.7. The summed E-state index contributed by atoms with van der Waals surface area (Å²) >= 11 is 5.74. The fourth-order valence-corrected chi connectivity index (χ4v) is 2.81. The van der Waals surface area contributed by atoms with Crippen molar-refractivity contribution in [1.82, 2.24) is 0 Å². The Morgan fingerprint density at radius 1 is 1.38 bits per heavy atom. The molecule has 1 aliphatic rings. The third kappa shape index (κ3) is 2.78. The van der Waals surface area contributed by atoms with E-state index < -0.39 is 23.0 Å². The minimum absolute atomic E-state index is 0.226. The maximum Gasteiger partial charge on any atom is 0.238 e. The van der Waals surface area contributed by atoms with Crippen molar-refractivity contribution < 1.29 is 18.8 Å². The minimum Gasteiger partial charge on any atom is -0.409 e. The Bertz CT molecular complexity index is 578. The van der Waals surface area contributed by atoms with Crippen molar-refractivity contribution >= 4 is 29.0 Å². The van der Waals surface area contributed by atoms with E-state index in [1.165, 1.54) is 0 Å². The first-order valence-corrected chi connectivity index (χ1v) is 6.72. The van der Waals surface area contributed by atoms with Gasteiger partial charge in [-0.15, -0.1) is 0 Å². The molecule has 1 amide bonds. The van der Waals surface area contributed by atoms with Crippen LogP contribution in [0.1, 0.15) is 25.7 Å². The topological polar surface area (TPSA) is 87.7 Å². The quantitative estimate of drug-likeness (QED) is 0.347. The highest BCUT2D eigenvalue weighted by molar-refractivity contribution is 6.34. The van der Waals surface area contributed by atoms with E-state index in [2.05, 4.69) is 10.5 Å². The molecular weight excluding hydrogens is 304 g/mol. The van der Waals surface area contributed by atoms with Gasteiger partial charge in [-0.05, 0) is 18.9 Å². The van der Waals surface area contributed by atoms with Gasteiger partial charge in [0, 0.05) is 6.07 Å². The van der Waals surface area contributed by atoms with Gasteiger partial charge in [0.05, 0.1) is 10.7 Å². The number of carbonyl (C=O) groups excluding carboxylic acids is 1. The molecule has 0 heterocycles. The largest absolute Gasteiger partial charge is 0.409 e. The zero-order valence-electron chi connectivity index (χ0n) is 11.0. The van der Waals surface area contributed by atoms with Crippen molar-refractivity contribution in [3.05, 3.63) is 28.8 Å². The number of rotatable bonds is 3.